The summed E-state index contributed by atoms with van der Waals surface area (Å²) in [5, 5.41) is 9.62. The first-order valence-electron chi connectivity index (χ1n) is 4.88. The molecule has 0 bridgehead atoms. The maximum Gasteiger partial charge on any atom is 0.0568 e. The van der Waals surface area contributed by atoms with Crippen molar-refractivity contribution < 1.29 is 5.11 Å². The highest BCUT2D eigenvalue weighted by atomic mass is 16.3. The summed E-state index contributed by atoms with van der Waals surface area (Å²) in [6.45, 7) is 7.83. The lowest BCUT2D eigenvalue weighted by Crippen LogP contribution is -2.18. The number of aliphatic hydroxyl groups excluding tert-OH is 1. The van der Waals surface area contributed by atoms with Gasteiger partial charge in [-0.3, -0.25) is 0 Å². The highest BCUT2D eigenvalue weighted by Gasteiger charge is 2.14. The SMILES string of the molecule is [CH2]/C=C/CC(CCC)C(O)CC. The van der Waals surface area contributed by atoms with Crippen LogP contribution in [0.15, 0.2) is 12.2 Å². The van der Waals surface area contributed by atoms with Crippen LogP contribution in [0.5, 0.6) is 0 Å². The third-order valence-corrected chi connectivity index (χ3v) is 2.23. The van der Waals surface area contributed by atoms with E-state index in [9.17, 15) is 5.11 Å². The second kappa shape index (κ2) is 7.35. The minimum Gasteiger partial charge on any atom is -0.393 e. The molecule has 0 heterocycles. The molecule has 0 saturated heterocycles. The monoisotopic (exact) mass is 169 g/mol. The quantitative estimate of drug-likeness (QED) is 0.648. The predicted octanol–water partition coefficient (Wildman–Crippen LogP) is 2.95. The Labute approximate surface area is 76.5 Å². The van der Waals surface area contributed by atoms with Crippen molar-refractivity contribution in [1.29, 1.82) is 0 Å². The van der Waals surface area contributed by atoms with E-state index in [-0.39, 0.29) is 6.10 Å². The number of allylic oxidation sites excluding steroid dienone is 2. The first kappa shape index (κ1) is 11.7. The molecular formula is C11H21O. The molecule has 0 aliphatic heterocycles. The second-order valence-corrected chi connectivity index (χ2v) is 3.23. The van der Waals surface area contributed by atoms with Crippen LogP contribution in [0.1, 0.15) is 39.5 Å². The van der Waals surface area contributed by atoms with Crippen molar-refractivity contribution >= 4 is 0 Å². The lowest BCUT2D eigenvalue weighted by molar-refractivity contribution is 0.0994. The van der Waals surface area contributed by atoms with Gasteiger partial charge in [0.05, 0.1) is 6.10 Å². The summed E-state index contributed by atoms with van der Waals surface area (Å²) in [5.41, 5.74) is 0. The number of aliphatic hydroxyl groups is 1. The first-order valence-corrected chi connectivity index (χ1v) is 4.88. The van der Waals surface area contributed by atoms with Gasteiger partial charge in [0, 0.05) is 0 Å². The van der Waals surface area contributed by atoms with Gasteiger partial charge in [-0.15, -0.1) is 0 Å². The van der Waals surface area contributed by atoms with Gasteiger partial charge in [-0.2, -0.15) is 0 Å². The normalized spacial score (nSPS) is 16.7. The van der Waals surface area contributed by atoms with Gasteiger partial charge in [-0.25, -0.2) is 0 Å². The zero-order valence-electron chi connectivity index (χ0n) is 8.29. The molecule has 1 nitrogen and oxygen atoms in total. The van der Waals surface area contributed by atoms with E-state index in [1.807, 2.05) is 19.1 Å². The van der Waals surface area contributed by atoms with E-state index in [0.29, 0.717) is 5.92 Å². The average Bonchev–Trinajstić information content (AvgIpc) is 2.11. The van der Waals surface area contributed by atoms with Crippen LogP contribution in [0.25, 0.3) is 0 Å². The molecule has 71 valence electrons. The van der Waals surface area contributed by atoms with Crippen LogP contribution >= 0.6 is 0 Å². The van der Waals surface area contributed by atoms with E-state index in [1.165, 1.54) is 0 Å². The van der Waals surface area contributed by atoms with Crippen molar-refractivity contribution in [2.45, 2.75) is 45.6 Å². The second-order valence-electron chi connectivity index (χ2n) is 3.23. The Morgan fingerprint density at radius 2 is 2.08 bits per heavy atom. The van der Waals surface area contributed by atoms with E-state index < -0.39 is 0 Å². The van der Waals surface area contributed by atoms with E-state index >= 15 is 0 Å². The van der Waals surface area contributed by atoms with Crippen molar-refractivity contribution in [3.63, 3.8) is 0 Å². The van der Waals surface area contributed by atoms with E-state index in [4.69, 9.17) is 0 Å². The summed E-state index contributed by atoms with van der Waals surface area (Å²) in [4.78, 5) is 0. The minimum atomic E-state index is -0.138. The van der Waals surface area contributed by atoms with Crippen LogP contribution in [-0.2, 0) is 0 Å². The molecule has 0 aromatic carbocycles. The molecule has 12 heavy (non-hydrogen) atoms. The molecule has 0 aliphatic carbocycles. The van der Waals surface area contributed by atoms with Crippen molar-refractivity contribution in [2.24, 2.45) is 5.92 Å². The van der Waals surface area contributed by atoms with Gasteiger partial charge in [0.15, 0.2) is 0 Å². The van der Waals surface area contributed by atoms with E-state index in [2.05, 4.69) is 13.8 Å². The topological polar surface area (TPSA) is 20.2 Å². The fourth-order valence-corrected chi connectivity index (χ4v) is 1.44. The fourth-order valence-electron chi connectivity index (χ4n) is 1.44. The van der Waals surface area contributed by atoms with E-state index in [0.717, 1.165) is 25.7 Å². The molecule has 0 amide bonds. The summed E-state index contributed by atoms with van der Waals surface area (Å²) in [6, 6.07) is 0. The van der Waals surface area contributed by atoms with Gasteiger partial charge in [0.2, 0.25) is 0 Å². The Bertz CT molecular complexity index is 118. The van der Waals surface area contributed by atoms with Crippen molar-refractivity contribution in [3.8, 4) is 0 Å². The Balaban J connectivity index is 3.84. The van der Waals surface area contributed by atoms with Gasteiger partial charge in [-0.05, 0) is 32.1 Å². The van der Waals surface area contributed by atoms with E-state index in [1.54, 1.807) is 0 Å². The summed E-state index contributed by atoms with van der Waals surface area (Å²) in [6.07, 6.45) is 7.79. The van der Waals surface area contributed by atoms with Crippen molar-refractivity contribution in [3.05, 3.63) is 19.1 Å². The van der Waals surface area contributed by atoms with Crippen LogP contribution in [0.4, 0.5) is 0 Å². The molecule has 0 spiro atoms. The van der Waals surface area contributed by atoms with Gasteiger partial charge < -0.3 is 5.11 Å². The first-order chi connectivity index (χ1) is 5.76. The Morgan fingerprint density at radius 1 is 1.42 bits per heavy atom. The highest BCUT2D eigenvalue weighted by molar-refractivity contribution is 4.87. The Hall–Kier alpha value is -0.300. The molecule has 1 N–H and O–H groups in total. The molecule has 0 saturated carbocycles. The number of hydrogen-bond donors (Lipinski definition) is 1. The lowest BCUT2D eigenvalue weighted by atomic mass is 9.92. The highest BCUT2D eigenvalue weighted by Crippen LogP contribution is 2.18. The number of rotatable bonds is 6. The summed E-state index contributed by atoms with van der Waals surface area (Å²) >= 11 is 0. The smallest absolute Gasteiger partial charge is 0.0568 e. The van der Waals surface area contributed by atoms with Crippen LogP contribution in [-0.4, -0.2) is 11.2 Å². The van der Waals surface area contributed by atoms with Gasteiger partial charge >= 0.3 is 0 Å². The Morgan fingerprint density at radius 3 is 2.50 bits per heavy atom. The zero-order valence-corrected chi connectivity index (χ0v) is 8.29. The van der Waals surface area contributed by atoms with Crippen LogP contribution < -0.4 is 0 Å². The maximum atomic E-state index is 9.62. The van der Waals surface area contributed by atoms with Crippen LogP contribution in [0, 0.1) is 12.8 Å². The molecule has 0 rings (SSSR count). The molecule has 2 unspecified atom stereocenters. The average molecular weight is 169 g/mol. The Kier molecular flexibility index (Phi) is 7.17. The van der Waals surface area contributed by atoms with Crippen LogP contribution in [0.2, 0.25) is 0 Å². The molecule has 0 aromatic heterocycles. The van der Waals surface area contributed by atoms with Gasteiger partial charge in [-0.1, -0.05) is 32.4 Å². The molecule has 0 fully saturated rings. The molecule has 2 atom stereocenters. The standard InChI is InChI=1S/C11H21O/c1-4-7-9-10(8-5-2)11(12)6-3/h4,7,10-12H,1,5-6,8-9H2,2-3H3/b7-4+. The maximum absolute atomic E-state index is 9.62. The molecular weight excluding hydrogens is 148 g/mol. The molecule has 0 aromatic rings. The summed E-state index contributed by atoms with van der Waals surface area (Å²) in [5.74, 6) is 0.429. The zero-order chi connectivity index (χ0) is 9.40. The third-order valence-electron chi connectivity index (χ3n) is 2.23. The van der Waals surface area contributed by atoms with Gasteiger partial charge in [0.25, 0.3) is 0 Å². The minimum absolute atomic E-state index is 0.138. The molecule has 0 aliphatic rings. The largest absolute Gasteiger partial charge is 0.393 e. The van der Waals surface area contributed by atoms with Gasteiger partial charge in [0.1, 0.15) is 0 Å². The molecule has 1 heteroatoms. The third kappa shape index (κ3) is 4.55. The fraction of sp³-hybridized carbons (Fsp3) is 0.727. The molecule has 1 radical (unpaired) electrons. The number of hydrogen-bond acceptors (Lipinski definition) is 1. The summed E-state index contributed by atoms with van der Waals surface area (Å²) in [7, 11) is 0. The van der Waals surface area contributed by atoms with Crippen molar-refractivity contribution in [1.82, 2.24) is 0 Å². The lowest BCUT2D eigenvalue weighted by Gasteiger charge is -2.19. The van der Waals surface area contributed by atoms with Crippen molar-refractivity contribution in [2.75, 3.05) is 0 Å². The van der Waals surface area contributed by atoms with Crippen LogP contribution in [0.3, 0.4) is 0 Å². The summed E-state index contributed by atoms with van der Waals surface area (Å²) < 4.78 is 0. The predicted molar refractivity (Wildman–Crippen MR) is 53.8 cm³/mol.